The fraction of sp³-hybridized carbons (Fsp3) is 0.318. The Balaban J connectivity index is 1.84. The molecule has 1 aliphatic heterocycles. The van der Waals surface area contributed by atoms with Gasteiger partial charge in [-0.25, -0.2) is 0 Å². The summed E-state index contributed by atoms with van der Waals surface area (Å²) in [7, 11) is 1.33. The van der Waals surface area contributed by atoms with Gasteiger partial charge in [0.2, 0.25) is 0 Å². The van der Waals surface area contributed by atoms with Gasteiger partial charge in [0.1, 0.15) is 47.6 Å². The maximum absolute atomic E-state index is 12.9. The lowest BCUT2D eigenvalue weighted by Crippen LogP contribution is -2.55. The molecule has 3 aromatic rings. The summed E-state index contributed by atoms with van der Waals surface area (Å²) in [6, 6.07) is 6.04. The molecule has 11 heteroatoms. The number of fused-ring (bicyclic) bond motifs is 1. The van der Waals surface area contributed by atoms with Gasteiger partial charge >= 0.3 is 0 Å². The molecule has 0 radical (unpaired) electrons. The third kappa shape index (κ3) is 3.86. The number of ether oxygens (including phenoxy) is 2. The minimum Gasteiger partial charge on any atom is -0.504 e. The number of aliphatic hydroxyl groups excluding tert-OH is 4. The van der Waals surface area contributed by atoms with Crippen LogP contribution in [0.4, 0.5) is 0 Å². The first-order valence-corrected chi connectivity index (χ1v) is 9.87. The molecule has 176 valence electrons. The van der Waals surface area contributed by atoms with Gasteiger partial charge in [-0.15, -0.1) is 0 Å². The molecule has 1 saturated heterocycles. The molecular weight excluding hydrogens is 440 g/mol. The zero-order valence-corrected chi connectivity index (χ0v) is 17.2. The van der Waals surface area contributed by atoms with Crippen LogP contribution in [0.2, 0.25) is 0 Å². The van der Waals surface area contributed by atoms with Crippen molar-refractivity contribution in [1.82, 2.24) is 0 Å². The van der Waals surface area contributed by atoms with Gasteiger partial charge in [0.05, 0.1) is 19.1 Å². The van der Waals surface area contributed by atoms with Gasteiger partial charge in [0.25, 0.3) is 0 Å². The number of rotatable bonds is 4. The maximum Gasteiger partial charge on any atom is 0.200 e. The van der Waals surface area contributed by atoms with E-state index in [0.717, 1.165) is 18.2 Å². The highest BCUT2D eigenvalue weighted by atomic mass is 16.5. The summed E-state index contributed by atoms with van der Waals surface area (Å²) in [5.74, 6) is -1.82. The van der Waals surface area contributed by atoms with Crippen LogP contribution in [0.15, 0.2) is 39.5 Å². The van der Waals surface area contributed by atoms with Crippen molar-refractivity contribution >= 4 is 11.0 Å². The second kappa shape index (κ2) is 8.54. The predicted octanol–water partition coefficient (Wildman–Crippen LogP) is 0.100. The van der Waals surface area contributed by atoms with Crippen LogP contribution in [0.1, 0.15) is 11.7 Å². The minimum absolute atomic E-state index is 0.0132. The second-order valence-corrected chi connectivity index (χ2v) is 7.68. The fourth-order valence-corrected chi connectivity index (χ4v) is 3.85. The summed E-state index contributed by atoms with van der Waals surface area (Å²) < 4.78 is 16.7. The third-order valence-corrected chi connectivity index (χ3v) is 5.63. The first-order valence-electron chi connectivity index (χ1n) is 9.87. The Hall–Kier alpha value is -3.35. The molecule has 5 atom stereocenters. The van der Waals surface area contributed by atoms with Gasteiger partial charge in [-0.1, -0.05) is 0 Å². The lowest BCUT2D eigenvalue weighted by molar-refractivity contribution is -0.232. The Morgan fingerprint density at radius 3 is 2.21 bits per heavy atom. The van der Waals surface area contributed by atoms with Crippen molar-refractivity contribution < 1.29 is 49.6 Å². The van der Waals surface area contributed by atoms with E-state index >= 15 is 0 Å². The number of benzene rings is 2. The van der Waals surface area contributed by atoms with Crippen molar-refractivity contribution in [3.05, 3.63) is 46.1 Å². The molecule has 4 rings (SSSR count). The average Bonchev–Trinajstić information content (AvgIpc) is 2.80. The Bertz CT molecular complexity index is 1230. The van der Waals surface area contributed by atoms with Crippen molar-refractivity contribution in [2.75, 3.05) is 13.7 Å². The zero-order chi connectivity index (χ0) is 24.0. The molecule has 2 heterocycles. The van der Waals surface area contributed by atoms with Crippen LogP contribution in [-0.2, 0) is 4.74 Å². The monoisotopic (exact) mass is 462 g/mol. The summed E-state index contributed by atoms with van der Waals surface area (Å²) in [6.07, 6.45) is -7.12. The third-order valence-electron chi connectivity index (χ3n) is 5.63. The zero-order valence-electron chi connectivity index (χ0n) is 17.2. The van der Waals surface area contributed by atoms with Gasteiger partial charge in [-0.3, -0.25) is 4.79 Å². The lowest BCUT2D eigenvalue weighted by atomic mass is 9.90. The number of phenols is 3. The Morgan fingerprint density at radius 1 is 0.939 bits per heavy atom. The molecule has 2 aromatic carbocycles. The van der Waals surface area contributed by atoms with Gasteiger partial charge in [-0.2, -0.15) is 0 Å². The van der Waals surface area contributed by atoms with E-state index in [-0.39, 0.29) is 33.6 Å². The molecule has 0 spiro atoms. The predicted molar refractivity (Wildman–Crippen MR) is 112 cm³/mol. The Kier molecular flexibility index (Phi) is 5.91. The van der Waals surface area contributed by atoms with Crippen molar-refractivity contribution in [3.63, 3.8) is 0 Å². The summed E-state index contributed by atoms with van der Waals surface area (Å²) in [6.45, 7) is -0.616. The number of phenolic OH excluding ortho intramolecular Hbond substituents is 3. The highest BCUT2D eigenvalue weighted by Crippen LogP contribution is 2.41. The quantitative estimate of drug-likeness (QED) is 0.260. The largest absolute Gasteiger partial charge is 0.504 e. The first kappa shape index (κ1) is 22.8. The van der Waals surface area contributed by atoms with Crippen LogP contribution in [0.3, 0.4) is 0 Å². The molecule has 7 N–H and O–H groups in total. The SMILES string of the molecule is COc1cc2oc(-c3cc(O)c(O)c(O)c3)cc(=O)c2cc1[C@@H]1O[C@H](CO)[C@@H](O)[C@H](O)[C@H]1O. The van der Waals surface area contributed by atoms with Gasteiger partial charge in [0, 0.05) is 23.3 Å². The van der Waals surface area contributed by atoms with Gasteiger partial charge in [-0.05, 0) is 18.2 Å². The first-order chi connectivity index (χ1) is 15.7. The van der Waals surface area contributed by atoms with E-state index in [0.29, 0.717) is 0 Å². The van der Waals surface area contributed by atoms with Gasteiger partial charge in [0.15, 0.2) is 22.7 Å². The van der Waals surface area contributed by atoms with E-state index in [9.17, 15) is 40.5 Å². The van der Waals surface area contributed by atoms with Crippen LogP contribution in [0.25, 0.3) is 22.3 Å². The lowest BCUT2D eigenvalue weighted by Gasteiger charge is -2.40. The Labute approximate surface area is 185 Å². The molecule has 1 aliphatic rings. The summed E-state index contributed by atoms with van der Waals surface area (Å²) in [5.41, 5.74) is -0.151. The smallest absolute Gasteiger partial charge is 0.200 e. The molecular formula is C22H22O11. The van der Waals surface area contributed by atoms with Crippen LogP contribution < -0.4 is 10.2 Å². The summed E-state index contributed by atoms with van der Waals surface area (Å²) >= 11 is 0. The molecule has 1 aromatic heterocycles. The van der Waals surface area contributed by atoms with E-state index in [1.165, 1.54) is 19.2 Å². The van der Waals surface area contributed by atoms with E-state index in [1.807, 2.05) is 0 Å². The van der Waals surface area contributed by atoms with Crippen LogP contribution >= 0.6 is 0 Å². The average molecular weight is 462 g/mol. The van der Waals surface area contributed by atoms with E-state index in [1.54, 1.807) is 0 Å². The molecule has 0 aliphatic carbocycles. The topological polar surface area (TPSA) is 190 Å². The summed E-state index contributed by atoms with van der Waals surface area (Å²) in [4.78, 5) is 12.9. The summed E-state index contributed by atoms with van der Waals surface area (Å²) in [5, 5.41) is 69.1. The molecule has 33 heavy (non-hydrogen) atoms. The number of methoxy groups -OCH3 is 1. The van der Waals surface area contributed by atoms with Crippen LogP contribution in [-0.4, -0.2) is 73.9 Å². The van der Waals surface area contributed by atoms with Crippen LogP contribution in [0.5, 0.6) is 23.0 Å². The van der Waals surface area contributed by atoms with Crippen molar-refractivity contribution in [2.45, 2.75) is 30.5 Å². The number of aromatic hydroxyl groups is 3. The number of hydrogen-bond acceptors (Lipinski definition) is 11. The minimum atomic E-state index is -1.62. The molecule has 0 saturated carbocycles. The molecule has 11 nitrogen and oxygen atoms in total. The van der Waals surface area contributed by atoms with Crippen LogP contribution in [0, 0.1) is 0 Å². The standard InChI is InChI=1S/C22H22O11/c1-31-15-6-16-9(4-10(15)22-21(30)20(29)19(28)17(7-23)33-22)11(24)5-14(32-16)8-2-12(25)18(27)13(26)3-8/h2-6,17,19-23,25-30H,7H2,1H3/t17-,19-,20+,21-,22+/m1/s1. The van der Waals surface area contributed by atoms with E-state index in [2.05, 4.69) is 0 Å². The molecule has 0 bridgehead atoms. The second-order valence-electron chi connectivity index (χ2n) is 7.68. The van der Waals surface area contributed by atoms with Crippen molar-refractivity contribution in [3.8, 4) is 34.3 Å². The van der Waals surface area contributed by atoms with Gasteiger partial charge < -0.3 is 49.6 Å². The van der Waals surface area contributed by atoms with E-state index < -0.39 is 59.8 Å². The number of hydrogen-bond donors (Lipinski definition) is 7. The fourth-order valence-electron chi connectivity index (χ4n) is 3.85. The highest BCUT2D eigenvalue weighted by Gasteiger charge is 2.45. The normalized spacial score (nSPS) is 25.3. The van der Waals surface area contributed by atoms with E-state index in [4.69, 9.17) is 13.9 Å². The molecule has 1 fully saturated rings. The maximum atomic E-state index is 12.9. The molecule has 0 amide bonds. The number of aliphatic hydroxyl groups is 4. The molecule has 0 unspecified atom stereocenters. The van der Waals surface area contributed by atoms with Crippen molar-refractivity contribution in [1.29, 1.82) is 0 Å². The Morgan fingerprint density at radius 2 is 1.61 bits per heavy atom. The highest BCUT2D eigenvalue weighted by molar-refractivity contribution is 5.82. The van der Waals surface area contributed by atoms with Crippen molar-refractivity contribution in [2.24, 2.45) is 0 Å².